The summed E-state index contributed by atoms with van der Waals surface area (Å²) < 4.78 is 6.40. The van der Waals surface area contributed by atoms with E-state index < -0.39 is 5.97 Å². The summed E-state index contributed by atoms with van der Waals surface area (Å²) in [4.78, 5) is 10.8. The maximum Gasteiger partial charge on any atom is 0.102 e. The number of quaternary nitrogens is 1. The van der Waals surface area contributed by atoms with E-state index in [2.05, 4.69) is 6.92 Å². The molecule has 0 bridgehead atoms. The molecule has 1 aliphatic heterocycles. The molecule has 0 amide bonds. The largest absolute Gasteiger partial charge is 0.550 e. The molecule has 1 saturated heterocycles. The number of carboxylic acid groups (broad SMARTS) is 1. The van der Waals surface area contributed by atoms with Crippen molar-refractivity contribution in [2.45, 2.75) is 103 Å². The van der Waals surface area contributed by atoms with Crippen LogP contribution in [0.5, 0.6) is 0 Å². The lowest BCUT2D eigenvalue weighted by Crippen LogP contribution is -2.56. The molecule has 0 N–H and O–H groups in total. The van der Waals surface area contributed by atoms with Gasteiger partial charge in [0.1, 0.15) is 13.1 Å². The first kappa shape index (κ1) is 24.4. The highest BCUT2D eigenvalue weighted by atomic mass is 16.5. The Labute approximate surface area is 168 Å². The van der Waals surface area contributed by atoms with Crippen LogP contribution >= 0.6 is 0 Å². The lowest BCUT2D eigenvalue weighted by atomic mass is 10.0. The molecule has 0 spiro atoms. The number of aliphatic carboxylic acids is 1. The van der Waals surface area contributed by atoms with Crippen LogP contribution in [-0.2, 0) is 9.53 Å². The number of hydrogen-bond donors (Lipinski definition) is 0. The third-order valence-electron chi connectivity index (χ3n) is 6.20. The van der Waals surface area contributed by atoms with Crippen molar-refractivity contribution in [2.24, 2.45) is 0 Å². The summed E-state index contributed by atoms with van der Waals surface area (Å²) in [6.07, 6.45) is 19.5. The third kappa shape index (κ3) is 13.2. The van der Waals surface area contributed by atoms with E-state index in [-0.39, 0.29) is 6.42 Å². The predicted molar refractivity (Wildman–Crippen MR) is 110 cm³/mol. The first-order valence-corrected chi connectivity index (χ1v) is 11.8. The summed E-state index contributed by atoms with van der Waals surface area (Å²) in [5, 5.41) is 10.8. The van der Waals surface area contributed by atoms with E-state index in [4.69, 9.17) is 4.74 Å². The highest BCUT2D eigenvalue weighted by Crippen LogP contribution is 2.17. The van der Waals surface area contributed by atoms with Gasteiger partial charge in [-0.05, 0) is 12.8 Å². The van der Waals surface area contributed by atoms with Crippen molar-refractivity contribution < 1.29 is 19.1 Å². The summed E-state index contributed by atoms with van der Waals surface area (Å²) in [7, 11) is 0. The number of carboxylic acids is 1. The monoisotopic (exact) mass is 383 g/mol. The van der Waals surface area contributed by atoms with E-state index in [1.165, 1.54) is 89.9 Å². The molecule has 4 nitrogen and oxygen atoms in total. The fraction of sp³-hybridized carbons (Fsp3) is 0.957. The molecule has 0 radical (unpaired) electrons. The van der Waals surface area contributed by atoms with Crippen LogP contribution in [0.15, 0.2) is 0 Å². The van der Waals surface area contributed by atoms with Gasteiger partial charge in [0.05, 0.1) is 26.3 Å². The summed E-state index contributed by atoms with van der Waals surface area (Å²) in [5.74, 6) is -0.917. The van der Waals surface area contributed by atoms with Crippen molar-refractivity contribution in [2.75, 3.05) is 39.4 Å². The molecule has 0 aliphatic carbocycles. The molecule has 1 aliphatic rings. The molecule has 27 heavy (non-hydrogen) atoms. The molecule has 0 saturated carbocycles. The van der Waals surface area contributed by atoms with Gasteiger partial charge in [-0.2, -0.15) is 0 Å². The highest BCUT2D eigenvalue weighted by Gasteiger charge is 2.29. The molecule has 1 fully saturated rings. The number of nitrogens with zero attached hydrogens (tertiary/aromatic N) is 1. The predicted octanol–water partition coefficient (Wildman–Crippen LogP) is 4.45. The number of unbranched alkanes of at least 4 members (excludes halogenated alkanes) is 13. The van der Waals surface area contributed by atoms with Gasteiger partial charge in [-0.25, -0.2) is 0 Å². The Morgan fingerprint density at radius 3 is 1.63 bits per heavy atom. The standard InChI is InChI=1S/C23H45NO3/c1-2-3-4-5-6-7-8-9-10-11-12-13-14-15-17-24(18-16-23(25)26)19-21-27-22-20-24/h2-22H2,1H3. The highest BCUT2D eigenvalue weighted by molar-refractivity contribution is 5.64. The topological polar surface area (TPSA) is 49.4 Å². The number of carbonyl (C=O) groups excluding carboxylic acids is 1. The molecule has 0 aromatic heterocycles. The molecule has 160 valence electrons. The van der Waals surface area contributed by atoms with Crippen molar-refractivity contribution in [1.29, 1.82) is 0 Å². The second-order valence-corrected chi connectivity index (χ2v) is 8.57. The second-order valence-electron chi connectivity index (χ2n) is 8.57. The van der Waals surface area contributed by atoms with Gasteiger partial charge >= 0.3 is 0 Å². The Morgan fingerprint density at radius 1 is 0.741 bits per heavy atom. The average Bonchev–Trinajstić information content (AvgIpc) is 2.67. The minimum Gasteiger partial charge on any atom is -0.550 e. The maximum absolute atomic E-state index is 10.8. The van der Waals surface area contributed by atoms with E-state index in [9.17, 15) is 9.90 Å². The van der Waals surface area contributed by atoms with Crippen LogP contribution in [0.25, 0.3) is 0 Å². The van der Waals surface area contributed by atoms with E-state index in [0.717, 1.165) is 37.3 Å². The Kier molecular flexibility index (Phi) is 14.8. The molecular formula is C23H45NO3. The van der Waals surface area contributed by atoms with Crippen molar-refractivity contribution in [3.05, 3.63) is 0 Å². The number of hydrogen-bond acceptors (Lipinski definition) is 3. The average molecular weight is 384 g/mol. The van der Waals surface area contributed by atoms with Crippen LogP contribution in [0, 0.1) is 0 Å². The zero-order valence-corrected chi connectivity index (χ0v) is 18.0. The molecule has 1 rings (SSSR count). The van der Waals surface area contributed by atoms with Gasteiger partial charge in [0.15, 0.2) is 0 Å². The van der Waals surface area contributed by atoms with Crippen LogP contribution < -0.4 is 5.11 Å². The van der Waals surface area contributed by atoms with Gasteiger partial charge in [0.25, 0.3) is 0 Å². The van der Waals surface area contributed by atoms with E-state index in [1.54, 1.807) is 0 Å². The minimum atomic E-state index is -0.917. The smallest absolute Gasteiger partial charge is 0.102 e. The molecule has 0 aromatic carbocycles. The van der Waals surface area contributed by atoms with E-state index in [1.807, 2.05) is 0 Å². The van der Waals surface area contributed by atoms with Gasteiger partial charge in [-0.1, -0.05) is 84.0 Å². The minimum absolute atomic E-state index is 0.179. The van der Waals surface area contributed by atoms with Crippen molar-refractivity contribution >= 4 is 5.97 Å². The van der Waals surface area contributed by atoms with Gasteiger partial charge in [0, 0.05) is 12.4 Å². The Balaban J connectivity index is 1.94. The molecule has 0 atom stereocenters. The molecule has 0 unspecified atom stereocenters. The number of ether oxygens (including phenoxy) is 1. The zero-order valence-electron chi connectivity index (χ0n) is 18.0. The first-order chi connectivity index (χ1) is 13.2. The fourth-order valence-corrected chi connectivity index (χ4v) is 4.26. The number of morpholine rings is 1. The molecule has 1 heterocycles. The van der Waals surface area contributed by atoms with Crippen molar-refractivity contribution in [1.82, 2.24) is 0 Å². The Hall–Kier alpha value is -0.610. The summed E-state index contributed by atoms with van der Waals surface area (Å²) >= 11 is 0. The normalized spacial score (nSPS) is 16.5. The summed E-state index contributed by atoms with van der Waals surface area (Å²) in [6, 6.07) is 0. The molecule has 0 aromatic rings. The number of carbonyl (C=O) groups is 1. The number of rotatable bonds is 18. The third-order valence-corrected chi connectivity index (χ3v) is 6.20. The van der Waals surface area contributed by atoms with Crippen LogP contribution in [0.4, 0.5) is 0 Å². The second kappa shape index (κ2) is 16.4. The lowest BCUT2D eigenvalue weighted by Gasteiger charge is -2.41. The Bertz CT molecular complexity index is 354. The quantitative estimate of drug-likeness (QED) is 0.259. The Morgan fingerprint density at radius 2 is 1.19 bits per heavy atom. The van der Waals surface area contributed by atoms with Crippen molar-refractivity contribution in [3.8, 4) is 0 Å². The first-order valence-electron chi connectivity index (χ1n) is 11.8. The zero-order chi connectivity index (χ0) is 19.6. The summed E-state index contributed by atoms with van der Waals surface area (Å²) in [5.41, 5.74) is 0. The molecular weight excluding hydrogens is 338 g/mol. The van der Waals surface area contributed by atoms with Crippen LogP contribution in [0.2, 0.25) is 0 Å². The molecule has 4 heteroatoms. The van der Waals surface area contributed by atoms with Gasteiger partial charge in [-0.15, -0.1) is 0 Å². The van der Waals surface area contributed by atoms with E-state index >= 15 is 0 Å². The van der Waals surface area contributed by atoms with Crippen LogP contribution in [0.3, 0.4) is 0 Å². The maximum atomic E-state index is 10.8. The van der Waals surface area contributed by atoms with Crippen LogP contribution in [0.1, 0.15) is 103 Å². The van der Waals surface area contributed by atoms with E-state index in [0.29, 0.717) is 6.54 Å². The van der Waals surface area contributed by atoms with Crippen molar-refractivity contribution in [3.63, 3.8) is 0 Å². The lowest BCUT2D eigenvalue weighted by molar-refractivity contribution is -0.935. The van der Waals surface area contributed by atoms with Gasteiger partial charge < -0.3 is 19.1 Å². The van der Waals surface area contributed by atoms with Gasteiger partial charge in [-0.3, -0.25) is 0 Å². The summed E-state index contributed by atoms with van der Waals surface area (Å²) in [6.45, 7) is 7.56. The van der Waals surface area contributed by atoms with Gasteiger partial charge in [0.2, 0.25) is 0 Å². The SMILES string of the molecule is CCCCCCCCCCCCCCCC[N+]1(CCC(=O)[O-])CCOCC1. The van der Waals surface area contributed by atoms with Crippen LogP contribution in [-0.4, -0.2) is 49.8 Å². The fourth-order valence-electron chi connectivity index (χ4n) is 4.26.